The third-order valence-corrected chi connectivity index (χ3v) is 2.81. The number of hydrogen-bond donors (Lipinski definition) is 6. The van der Waals surface area contributed by atoms with Crippen LogP contribution in [0.25, 0.3) is 0 Å². The number of carbonyl (C=O) groups is 1. The molecule has 1 unspecified atom stereocenters. The summed E-state index contributed by atoms with van der Waals surface area (Å²) in [5.41, 5.74) is 0. The molecule has 17 heavy (non-hydrogen) atoms. The highest BCUT2D eigenvalue weighted by Crippen LogP contribution is 2.29. The fraction of sp³-hybridized carbons (Fsp3) is 0.889. The van der Waals surface area contributed by atoms with E-state index in [2.05, 4.69) is 5.32 Å². The lowest BCUT2D eigenvalue weighted by Gasteiger charge is -2.46. The second-order valence-corrected chi connectivity index (χ2v) is 3.92. The predicted molar refractivity (Wildman–Crippen MR) is 53.6 cm³/mol. The third-order valence-electron chi connectivity index (χ3n) is 2.81. The molecule has 0 radical (unpaired) electrons. The lowest BCUT2D eigenvalue weighted by atomic mass is 9.89. The summed E-state index contributed by atoms with van der Waals surface area (Å²) in [6, 6.07) is -0.971. The van der Waals surface area contributed by atoms with Crippen molar-refractivity contribution in [3.05, 3.63) is 0 Å². The van der Waals surface area contributed by atoms with Gasteiger partial charge in [0.2, 0.25) is 12.2 Å². The van der Waals surface area contributed by atoms with Gasteiger partial charge in [-0.25, -0.2) is 0 Å². The molecule has 0 aliphatic carbocycles. The van der Waals surface area contributed by atoms with Gasteiger partial charge in [-0.3, -0.25) is 4.79 Å². The maximum absolute atomic E-state index is 10.4. The summed E-state index contributed by atoms with van der Waals surface area (Å²) < 4.78 is 5.03. The molecule has 1 rings (SSSR count). The first-order chi connectivity index (χ1) is 8.00. The molecular formula is C9H17NO7. The van der Waals surface area contributed by atoms with Crippen LogP contribution in [0.1, 0.15) is 6.42 Å². The summed E-state index contributed by atoms with van der Waals surface area (Å²) in [4.78, 5) is 10.4. The van der Waals surface area contributed by atoms with Crippen LogP contribution in [0.3, 0.4) is 0 Å². The van der Waals surface area contributed by atoms with Crippen molar-refractivity contribution in [2.24, 2.45) is 0 Å². The van der Waals surface area contributed by atoms with Gasteiger partial charge in [0, 0.05) is 6.61 Å². The van der Waals surface area contributed by atoms with E-state index in [0.717, 1.165) is 0 Å². The van der Waals surface area contributed by atoms with E-state index < -0.39 is 36.7 Å². The Morgan fingerprint density at radius 1 is 1.35 bits per heavy atom. The number of amides is 1. The van der Waals surface area contributed by atoms with E-state index in [0.29, 0.717) is 6.41 Å². The molecule has 0 bridgehead atoms. The second kappa shape index (κ2) is 5.71. The summed E-state index contributed by atoms with van der Waals surface area (Å²) in [6.07, 6.45) is -3.85. The van der Waals surface area contributed by atoms with Crippen LogP contribution in [0.4, 0.5) is 0 Å². The highest BCUT2D eigenvalue weighted by Gasteiger charge is 2.52. The number of hydrogen-bond acceptors (Lipinski definition) is 7. The zero-order chi connectivity index (χ0) is 13.1. The van der Waals surface area contributed by atoms with Crippen molar-refractivity contribution in [1.82, 2.24) is 5.32 Å². The van der Waals surface area contributed by atoms with Crippen molar-refractivity contribution < 1.29 is 35.1 Å². The van der Waals surface area contributed by atoms with E-state index in [-0.39, 0.29) is 13.0 Å². The average molecular weight is 251 g/mol. The van der Waals surface area contributed by atoms with E-state index in [1.165, 1.54) is 0 Å². The lowest BCUT2D eigenvalue weighted by molar-refractivity contribution is -0.339. The lowest BCUT2D eigenvalue weighted by Crippen LogP contribution is -2.69. The Morgan fingerprint density at radius 2 is 2.00 bits per heavy atom. The van der Waals surface area contributed by atoms with Gasteiger partial charge in [-0.05, 0) is 6.42 Å². The van der Waals surface area contributed by atoms with Crippen LogP contribution < -0.4 is 5.32 Å². The molecule has 1 aliphatic rings. The minimum absolute atomic E-state index is 0.0254. The van der Waals surface area contributed by atoms with Crippen LogP contribution in [-0.4, -0.2) is 75.3 Å². The summed E-state index contributed by atoms with van der Waals surface area (Å²) >= 11 is 0. The SMILES string of the molecule is O=CN[C@H]1[C@@H](O)[C@H](O)C(O)(CO)O[C@H]1CCO. The molecule has 0 saturated carbocycles. The summed E-state index contributed by atoms with van der Waals surface area (Å²) in [5, 5.41) is 49.0. The molecule has 6 N–H and O–H groups in total. The Bertz CT molecular complexity index is 264. The Kier molecular flexibility index (Phi) is 4.80. The van der Waals surface area contributed by atoms with Crippen molar-refractivity contribution in [2.75, 3.05) is 13.2 Å². The van der Waals surface area contributed by atoms with Gasteiger partial charge in [-0.1, -0.05) is 0 Å². The van der Waals surface area contributed by atoms with Crippen LogP contribution >= 0.6 is 0 Å². The van der Waals surface area contributed by atoms with E-state index in [4.69, 9.17) is 14.9 Å². The molecule has 0 aromatic carbocycles. The van der Waals surface area contributed by atoms with Crippen molar-refractivity contribution in [3.8, 4) is 0 Å². The quantitative estimate of drug-likeness (QED) is 0.276. The van der Waals surface area contributed by atoms with Crippen LogP contribution in [0.15, 0.2) is 0 Å². The van der Waals surface area contributed by atoms with Crippen LogP contribution in [-0.2, 0) is 9.53 Å². The Hall–Kier alpha value is -0.770. The molecule has 8 heteroatoms. The zero-order valence-electron chi connectivity index (χ0n) is 9.06. The number of aliphatic hydroxyl groups excluding tert-OH is 4. The summed E-state index contributed by atoms with van der Waals surface area (Å²) in [5.74, 6) is -2.31. The van der Waals surface area contributed by atoms with Gasteiger partial charge in [-0.15, -0.1) is 0 Å². The number of rotatable bonds is 5. The predicted octanol–water partition coefficient (Wildman–Crippen LogP) is -3.72. The monoisotopic (exact) mass is 251 g/mol. The van der Waals surface area contributed by atoms with Gasteiger partial charge in [0.15, 0.2) is 0 Å². The van der Waals surface area contributed by atoms with Crippen molar-refractivity contribution in [2.45, 2.75) is 36.6 Å². The smallest absolute Gasteiger partial charge is 0.218 e. The van der Waals surface area contributed by atoms with Crippen LogP contribution in [0.2, 0.25) is 0 Å². The average Bonchev–Trinajstić information content (AvgIpc) is 2.32. The van der Waals surface area contributed by atoms with E-state index in [1.807, 2.05) is 0 Å². The van der Waals surface area contributed by atoms with Gasteiger partial charge in [0.1, 0.15) is 12.2 Å². The molecule has 0 aromatic heterocycles. The molecule has 1 fully saturated rings. The highest BCUT2D eigenvalue weighted by molar-refractivity contribution is 5.47. The van der Waals surface area contributed by atoms with E-state index in [9.17, 15) is 20.1 Å². The van der Waals surface area contributed by atoms with Gasteiger partial charge in [0.05, 0.1) is 18.8 Å². The zero-order valence-corrected chi connectivity index (χ0v) is 9.06. The Balaban J connectivity index is 2.89. The number of nitrogens with one attached hydrogen (secondary N) is 1. The molecule has 100 valence electrons. The third kappa shape index (κ3) is 2.73. The summed E-state index contributed by atoms with van der Waals surface area (Å²) in [7, 11) is 0. The molecule has 0 aromatic rings. The Morgan fingerprint density at radius 3 is 2.47 bits per heavy atom. The van der Waals surface area contributed by atoms with Crippen molar-refractivity contribution >= 4 is 6.41 Å². The standard InChI is InChI=1S/C9H17NO7/c11-2-1-5-6(10-4-13)7(14)8(15)9(16,3-12)17-5/h4-8,11-12,14-16H,1-3H2,(H,10,13)/t5-,6+,7+,8-,9?/m0/s1. The number of aliphatic hydroxyl groups is 5. The van der Waals surface area contributed by atoms with E-state index >= 15 is 0 Å². The first-order valence-corrected chi connectivity index (χ1v) is 5.18. The van der Waals surface area contributed by atoms with Crippen molar-refractivity contribution in [1.29, 1.82) is 0 Å². The minimum Gasteiger partial charge on any atom is -0.396 e. The maximum atomic E-state index is 10.4. The van der Waals surface area contributed by atoms with Gasteiger partial charge < -0.3 is 35.6 Å². The topological polar surface area (TPSA) is 139 Å². The minimum atomic E-state index is -2.31. The molecule has 1 aliphatic heterocycles. The molecule has 5 atom stereocenters. The van der Waals surface area contributed by atoms with Crippen LogP contribution in [0, 0.1) is 0 Å². The number of ether oxygens (including phenoxy) is 1. The fourth-order valence-corrected chi connectivity index (χ4v) is 1.87. The highest BCUT2D eigenvalue weighted by atomic mass is 16.7. The van der Waals surface area contributed by atoms with E-state index in [1.54, 1.807) is 0 Å². The normalized spacial score (nSPS) is 42.2. The van der Waals surface area contributed by atoms with Gasteiger partial charge in [-0.2, -0.15) is 0 Å². The number of carbonyl (C=O) groups excluding carboxylic acids is 1. The van der Waals surface area contributed by atoms with Crippen molar-refractivity contribution in [3.63, 3.8) is 0 Å². The molecule has 0 spiro atoms. The first kappa shape index (κ1) is 14.3. The first-order valence-electron chi connectivity index (χ1n) is 5.18. The maximum Gasteiger partial charge on any atom is 0.218 e. The molecule has 1 saturated heterocycles. The Labute approximate surface area is 97.4 Å². The van der Waals surface area contributed by atoms with Gasteiger partial charge in [0.25, 0.3) is 0 Å². The fourth-order valence-electron chi connectivity index (χ4n) is 1.87. The molecular weight excluding hydrogens is 234 g/mol. The molecule has 8 nitrogen and oxygen atoms in total. The largest absolute Gasteiger partial charge is 0.396 e. The molecule has 1 heterocycles. The summed E-state index contributed by atoms with van der Waals surface area (Å²) in [6.45, 7) is -1.22. The second-order valence-electron chi connectivity index (χ2n) is 3.92. The van der Waals surface area contributed by atoms with Gasteiger partial charge >= 0.3 is 0 Å². The molecule has 1 amide bonds. The van der Waals surface area contributed by atoms with Crippen LogP contribution in [0.5, 0.6) is 0 Å².